The smallest absolute Gasteiger partial charge is 0.370 e. The molecule has 126 valence electrons. The van der Waals surface area contributed by atoms with E-state index in [9.17, 15) is 22.8 Å². The molecule has 1 fully saturated rings. The minimum Gasteiger partial charge on any atom is -0.370 e. The molecule has 1 heterocycles. The van der Waals surface area contributed by atoms with Crippen LogP contribution in [0.1, 0.15) is 6.42 Å². The maximum absolute atomic E-state index is 12.2. The summed E-state index contributed by atoms with van der Waals surface area (Å²) in [4.78, 5) is 25.0. The lowest BCUT2D eigenvalue weighted by molar-refractivity contribution is -0.152. The van der Waals surface area contributed by atoms with Crippen molar-refractivity contribution in [2.75, 3.05) is 32.7 Å². The van der Waals surface area contributed by atoms with E-state index in [1.807, 2.05) is 0 Å². The second kappa shape index (κ2) is 9.29. The zero-order valence-corrected chi connectivity index (χ0v) is 12.8. The van der Waals surface area contributed by atoms with E-state index in [0.29, 0.717) is 0 Å². The van der Waals surface area contributed by atoms with E-state index < -0.39 is 30.6 Å². The summed E-state index contributed by atoms with van der Waals surface area (Å²) in [7, 11) is 0. The van der Waals surface area contributed by atoms with Crippen molar-refractivity contribution >= 4 is 36.6 Å². The molecule has 0 aromatic carbocycles. The summed E-state index contributed by atoms with van der Waals surface area (Å²) in [6.07, 6.45) is -4.50. The Labute approximate surface area is 132 Å². The molecule has 1 unspecified atom stereocenters. The van der Waals surface area contributed by atoms with Crippen LogP contribution in [0.3, 0.4) is 0 Å². The van der Waals surface area contributed by atoms with Crippen LogP contribution in [0.5, 0.6) is 0 Å². The predicted molar refractivity (Wildman–Crippen MR) is 75.4 cm³/mol. The van der Waals surface area contributed by atoms with E-state index in [1.165, 1.54) is 9.80 Å². The molecule has 1 saturated heterocycles. The van der Waals surface area contributed by atoms with Crippen LogP contribution in [0.2, 0.25) is 0 Å². The van der Waals surface area contributed by atoms with Crippen molar-refractivity contribution < 1.29 is 22.8 Å². The molecular weight excluding hydrogens is 336 g/mol. The van der Waals surface area contributed by atoms with Crippen LogP contribution in [-0.2, 0) is 9.59 Å². The number of rotatable bonds is 4. The number of carbonyl (C=O) groups excluding carboxylic acids is 2. The van der Waals surface area contributed by atoms with Crippen molar-refractivity contribution in [2.45, 2.75) is 18.6 Å². The molecule has 0 spiro atoms. The summed E-state index contributed by atoms with van der Waals surface area (Å²) in [5.41, 5.74) is 10.4. The Morgan fingerprint density at radius 1 is 1.10 bits per heavy atom. The topological polar surface area (TPSA) is 92.7 Å². The second-order valence-corrected chi connectivity index (χ2v) is 4.49. The highest BCUT2D eigenvalue weighted by Gasteiger charge is 2.33. The first kappa shape index (κ1) is 22.5. The molecule has 4 N–H and O–H groups in total. The minimum atomic E-state index is -4.24. The highest BCUT2D eigenvalue weighted by Crippen LogP contribution is 2.17. The van der Waals surface area contributed by atoms with Crippen molar-refractivity contribution in [3.05, 3.63) is 0 Å². The van der Waals surface area contributed by atoms with Gasteiger partial charge in [0.25, 0.3) is 0 Å². The Bertz CT molecular complexity index is 350. The number of hydrogen-bond donors (Lipinski definition) is 2. The molecular formula is C10H19Cl2F3N4O2. The number of alkyl halides is 3. The Hall–Kier alpha value is -0.770. The van der Waals surface area contributed by atoms with Crippen LogP contribution in [-0.4, -0.2) is 66.6 Å². The molecule has 2 amide bonds. The monoisotopic (exact) mass is 354 g/mol. The Kier molecular flexibility index (Phi) is 9.96. The molecule has 11 heteroatoms. The van der Waals surface area contributed by atoms with Gasteiger partial charge >= 0.3 is 6.18 Å². The fourth-order valence-electron chi connectivity index (χ4n) is 1.92. The van der Waals surface area contributed by atoms with Crippen molar-refractivity contribution in [3.63, 3.8) is 0 Å². The van der Waals surface area contributed by atoms with Crippen LogP contribution >= 0.6 is 24.8 Å². The number of nitrogens with two attached hydrogens (primary N) is 2. The van der Waals surface area contributed by atoms with Gasteiger partial charge in [-0.05, 0) is 0 Å². The highest BCUT2D eigenvalue weighted by atomic mass is 35.5. The molecule has 1 aliphatic rings. The number of nitrogens with zero attached hydrogens (tertiary/aromatic N) is 2. The summed E-state index contributed by atoms with van der Waals surface area (Å²) in [5.74, 6) is -1.14. The predicted octanol–water partition coefficient (Wildman–Crippen LogP) is -0.261. The fourth-order valence-corrected chi connectivity index (χ4v) is 1.92. The Balaban J connectivity index is 0. The highest BCUT2D eigenvalue weighted by molar-refractivity contribution is 5.87. The molecule has 0 radical (unpaired) electrons. The average Bonchev–Trinajstić information content (AvgIpc) is 2.26. The number of halogens is 5. The van der Waals surface area contributed by atoms with Gasteiger partial charge in [-0.25, -0.2) is 0 Å². The van der Waals surface area contributed by atoms with Crippen LogP contribution in [0.25, 0.3) is 0 Å². The van der Waals surface area contributed by atoms with Crippen LogP contribution in [0.4, 0.5) is 13.2 Å². The molecule has 0 aliphatic carbocycles. The third-order valence-electron chi connectivity index (χ3n) is 2.83. The van der Waals surface area contributed by atoms with E-state index >= 15 is 0 Å². The van der Waals surface area contributed by atoms with Gasteiger partial charge in [0.05, 0.1) is 19.0 Å². The van der Waals surface area contributed by atoms with Gasteiger partial charge in [-0.1, -0.05) is 0 Å². The van der Waals surface area contributed by atoms with E-state index in [0.717, 1.165) is 0 Å². The quantitative estimate of drug-likeness (QED) is 0.727. The van der Waals surface area contributed by atoms with Crippen LogP contribution in [0.15, 0.2) is 0 Å². The number of piperazine rings is 1. The molecule has 1 atom stereocenters. The first-order valence-electron chi connectivity index (χ1n) is 5.81. The first-order valence-corrected chi connectivity index (χ1v) is 5.81. The van der Waals surface area contributed by atoms with Gasteiger partial charge < -0.3 is 16.4 Å². The number of hydrogen-bond acceptors (Lipinski definition) is 4. The van der Waals surface area contributed by atoms with Crippen molar-refractivity contribution in [1.82, 2.24) is 9.80 Å². The zero-order chi connectivity index (χ0) is 14.6. The van der Waals surface area contributed by atoms with E-state index in [2.05, 4.69) is 0 Å². The van der Waals surface area contributed by atoms with E-state index in [-0.39, 0.29) is 57.4 Å². The second-order valence-electron chi connectivity index (χ2n) is 4.49. The lowest BCUT2D eigenvalue weighted by Gasteiger charge is -2.35. The van der Waals surface area contributed by atoms with Gasteiger partial charge in [0.1, 0.15) is 0 Å². The third kappa shape index (κ3) is 8.30. The van der Waals surface area contributed by atoms with Gasteiger partial charge in [-0.3, -0.25) is 14.5 Å². The maximum Gasteiger partial charge on any atom is 0.401 e. The average molecular weight is 355 g/mol. The normalized spacial score (nSPS) is 17.4. The molecule has 0 bridgehead atoms. The van der Waals surface area contributed by atoms with E-state index in [4.69, 9.17) is 11.5 Å². The molecule has 1 rings (SSSR count). The number of amides is 2. The van der Waals surface area contributed by atoms with Gasteiger partial charge in [-0.2, -0.15) is 13.2 Å². The van der Waals surface area contributed by atoms with Crippen LogP contribution < -0.4 is 11.5 Å². The molecule has 0 aromatic heterocycles. The van der Waals surface area contributed by atoms with Gasteiger partial charge in [0.2, 0.25) is 11.8 Å². The maximum atomic E-state index is 12.2. The summed E-state index contributed by atoms with van der Waals surface area (Å²) >= 11 is 0. The fraction of sp³-hybridized carbons (Fsp3) is 0.800. The Morgan fingerprint density at radius 2 is 1.57 bits per heavy atom. The van der Waals surface area contributed by atoms with Crippen molar-refractivity contribution in [3.8, 4) is 0 Å². The minimum absolute atomic E-state index is 0. The standard InChI is InChI=1S/C10H17F3N4O2.2ClH/c11-10(12,13)6-16-1-3-17(4-2-16)9(19)7(14)5-8(15)18;;/h7H,1-6,14H2,(H2,15,18);2*1H. The lowest BCUT2D eigenvalue weighted by Crippen LogP contribution is -2.54. The van der Waals surface area contributed by atoms with Gasteiger partial charge in [0.15, 0.2) is 0 Å². The summed E-state index contributed by atoms with van der Waals surface area (Å²) in [6, 6.07) is -1.02. The summed E-state index contributed by atoms with van der Waals surface area (Å²) < 4.78 is 36.5. The molecule has 21 heavy (non-hydrogen) atoms. The van der Waals surface area contributed by atoms with Gasteiger partial charge in [-0.15, -0.1) is 24.8 Å². The molecule has 1 aliphatic heterocycles. The lowest BCUT2D eigenvalue weighted by atomic mass is 10.1. The van der Waals surface area contributed by atoms with Gasteiger partial charge in [0, 0.05) is 26.2 Å². The number of primary amides is 1. The number of carbonyl (C=O) groups is 2. The largest absolute Gasteiger partial charge is 0.401 e. The summed E-state index contributed by atoms with van der Waals surface area (Å²) in [6.45, 7) is -0.381. The summed E-state index contributed by atoms with van der Waals surface area (Å²) in [5, 5.41) is 0. The SMILES string of the molecule is Cl.Cl.NC(=O)CC(N)C(=O)N1CCN(CC(F)(F)F)CC1. The first-order chi connectivity index (χ1) is 8.69. The van der Waals surface area contributed by atoms with Crippen molar-refractivity contribution in [2.24, 2.45) is 11.5 Å². The molecule has 0 saturated carbocycles. The van der Waals surface area contributed by atoms with Crippen molar-refractivity contribution in [1.29, 1.82) is 0 Å². The third-order valence-corrected chi connectivity index (χ3v) is 2.83. The Morgan fingerprint density at radius 3 is 1.95 bits per heavy atom. The molecule has 6 nitrogen and oxygen atoms in total. The van der Waals surface area contributed by atoms with Crippen LogP contribution in [0, 0.1) is 0 Å². The molecule has 0 aromatic rings. The van der Waals surface area contributed by atoms with E-state index in [1.54, 1.807) is 0 Å². The zero-order valence-electron chi connectivity index (χ0n) is 11.1.